The maximum absolute atomic E-state index is 9.72. The average Bonchev–Trinajstić information content (AvgIpc) is 2.43. The van der Waals surface area contributed by atoms with Crippen molar-refractivity contribution >= 4 is 0 Å². The molecule has 3 unspecified atom stereocenters. The maximum atomic E-state index is 9.72. The Balaban J connectivity index is 2.43. The Kier molecular flexibility index (Phi) is 7.91. The van der Waals surface area contributed by atoms with Gasteiger partial charge in [0.15, 0.2) is 0 Å². The van der Waals surface area contributed by atoms with Gasteiger partial charge in [0, 0.05) is 12.1 Å². The molecule has 1 rings (SSSR count). The number of hydrogen-bond donors (Lipinski definition) is 2. The van der Waals surface area contributed by atoms with Crippen LogP contribution in [0.15, 0.2) is 0 Å². The van der Waals surface area contributed by atoms with E-state index >= 15 is 0 Å². The zero-order chi connectivity index (χ0) is 14.1. The van der Waals surface area contributed by atoms with Gasteiger partial charge in [0.1, 0.15) is 0 Å². The summed E-state index contributed by atoms with van der Waals surface area (Å²) < 4.78 is 11.4. The van der Waals surface area contributed by atoms with E-state index in [1.54, 1.807) is 0 Å². The minimum absolute atomic E-state index is 0.130. The van der Waals surface area contributed by atoms with Crippen LogP contribution < -0.4 is 5.32 Å². The fourth-order valence-electron chi connectivity index (χ4n) is 2.83. The Bertz CT molecular complexity index is 237. The summed E-state index contributed by atoms with van der Waals surface area (Å²) in [5, 5.41) is 13.2. The number of aliphatic hydroxyl groups excluding tert-OH is 1. The molecular weight excluding hydrogens is 242 g/mol. The van der Waals surface area contributed by atoms with Gasteiger partial charge in [-0.3, -0.25) is 0 Å². The summed E-state index contributed by atoms with van der Waals surface area (Å²) in [7, 11) is 0. The molecule has 2 N–H and O–H groups in total. The lowest BCUT2D eigenvalue weighted by Crippen LogP contribution is -2.53. The van der Waals surface area contributed by atoms with Crippen LogP contribution in [-0.2, 0) is 9.47 Å². The Morgan fingerprint density at radius 1 is 1.42 bits per heavy atom. The number of rotatable bonds is 9. The van der Waals surface area contributed by atoms with Crippen LogP contribution in [0.3, 0.4) is 0 Å². The minimum atomic E-state index is -0.135. The SMILES string of the molecule is CCCNC1(CO)CCCC(OC(C)COCC)C1. The van der Waals surface area contributed by atoms with Gasteiger partial charge in [0.25, 0.3) is 0 Å². The Morgan fingerprint density at radius 2 is 2.21 bits per heavy atom. The van der Waals surface area contributed by atoms with E-state index in [4.69, 9.17) is 9.47 Å². The third-order valence-corrected chi connectivity index (χ3v) is 3.83. The van der Waals surface area contributed by atoms with E-state index < -0.39 is 0 Å². The molecule has 1 fully saturated rings. The van der Waals surface area contributed by atoms with Gasteiger partial charge < -0.3 is 19.9 Å². The molecule has 0 aliphatic heterocycles. The molecule has 0 heterocycles. The number of hydrogen-bond acceptors (Lipinski definition) is 4. The second-order valence-electron chi connectivity index (χ2n) is 5.69. The average molecular weight is 273 g/mol. The third-order valence-electron chi connectivity index (χ3n) is 3.83. The topological polar surface area (TPSA) is 50.7 Å². The number of ether oxygens (including phenoxy) is 2. The second kappa shape index (κ2) is 8.90. The van der Waals surface area contributed by atoms with Crippen LogP contribution in [0.25, 0.3) is 0 Å². The van der Waals surface area contributed by atoms with Crippen molar-refractivity contribution < 1.29 is 14.6 Å². The van der Waals surface area contributed by atoms with E-state index in [0.717, 1.165) is 45.3 Å². The van der Waals surface area contributed by atoms with E-state index in [2.05, 4.69) is 19.2 Å². The summed E-state index contributed by atoms with van der Waals surface area (Å²) in [4.78, 5) is 0. The molecule has 3 atom stereocenters. The lowest BCUT2D eigenvalue weighted by molar-refractivity contribution is -0.0772. The van der Waals surface area contributed by atoms with Crippen LogP contribution in [-0.4, -0.2) is 49.2 Å². The first-order valence-corrected chi connectivity index (χ1v) is 7.75. The Morgan fingerprint density at radius 3 is 2.84 bits per heavy atom. The molecule has 19 heavy (non-hydrogen) atoms. The maximum Gasteiger partial charge on any atom is 0.0784 e. The Hall–Kier alpha value is -0.160. The normalized spacial score (nSPS) is 29.4. The lowest BCUT2D eigenvalue weighted by Gasteiger charge is -2.41. The highest BCUT2D eigenvalue weighted by atomic mass is 16.5. The molecule has 4 heteroatoms. The highest BCUT2D eigenvalue weighted by Gasteiger charge is 2.36. The zero-order valence-corrected chi connectivity index (χ0v) is 12.8. The van der Waals surface area contributed by atoms with Crippen LogP contribution in [0.4, 0.5) is 0 Å². The van der Waals surface area contributed by atoms with Crippen LogP contribution in [0.1, 0.15) is 52.9 Å². The fourth-order valence-corrected chi connectivity index (χ4v) is 2.83. The van der Waals surface area contributed by atoms with Crippen LogP contribution >= 0.6 is 0 Å². The lowest BCUT2D eigenvalue weighted by atomic mass is 9.80. The molecule has 0 radical (unpaired) electrons. The summed E-state index contributed by atoms with van der Waals surface area (Å²) in [6, 6.07) is 0. The van der Waals surface area contributed by atoms with Gasteiger partial charge in [-0.25, -0.2) is 0 Å². The van der Waals surface area contributed by atoms with E-state index in [9.17, 15) is 5.11 Å². The molecule has 4 nitrogen and oxygen atoms in total. The van der Waals surface area contributed by atoms with Crippen LogP contribution in [0, 0.1) is 0 Å². The van der Waals surface area contributed by atoms with E-state index in [0.29, 0.717) is 6.61 Å². The van der Waals surface area contributed by atoms with Gasteiger partial charge in [0.05, 0.1) is 25.4 Å². The number of aliphatic hydroxyl groups is 1. The molecule has 1 aliphatic carbocycles. The van der Waals surface area contributed by atoms with E-state index in [1.807, 2.05) is 6.92 Å². The molecule has 0 aromatic carbocycles. The fraction of sp³-hybridized carbons (Fsp3) is 1.00. The predicted molar refractivity (Wildman–Crippen MR) is 77.4 cm³/mol. The molecule has 0 saturated heterocycles. The van der Waals surface area contributed by atoms with Crippen molar-refractivity contribution in [3.05, 3.63) is 0 Å². The molecule has 0 aromatic rings. The Labute approximate surface area is 117 Å². The molecule has 0 spiro atoms. The minimum Gasteiger partial charge on any atom is -0.394 e. The summed E-state index contributed by atoms with van der Waals surface area (Å²) in [5.41, 5.74) is -0.135. The summed E-state index contributed by atoms with van der Waals surface area (Å²) in [6.45, 7) is 8.76. The van der Waals surface area contributed by atoms with Gasteiger partial charge in [0.2, 0.25) is 0 Å². The molecule has 0 amide bonds. The summed E-state index contributed by atoms with van der Waals surface area (Å²) in [5.74, 6) is 0. The largest absolute Gasteiger partial charge is 0.394 e. The molecule has 1 saturated carbocycles. The summed E-state index contributed by atoms with van der Waals surface area (Å²) in [6.07, 6.45) is 5.61. The van der Waals surface area contributed by atoms with Crippen LogP contribution in [0.5, 0.6) is 0 Å². The van der Waals surface area contributed by atoms with Crippen molar-refractivity contribution in [3.63, 3.8) is 0 Å². The first kappa shape index (κ1) is 16.9. The quantitative estimate of drug-likeness (QED) is 0.675. The smallest absolute Gasteiger partial charge is 0.0784 e. The van der Waals surface area contributed by atoms with Crippen molar-refractivity contribution in [1.29, 1.82) is 0 Å². The van der Waals surface area contributed by atoms with Gasteiger partial charge >= 0.3 is 0 Å². The van der Waals surface area contributed by atoms with E-state index in [-0.39, 0.29) is 24.4 Å². The third kappa shape index (κ3) is 5.78. The first-order valence-electron chi connectivity index (χ1n) is 7.75. The van der Waals surface area contributed by atoms with Gasteiger partial charge in [-0.2, -0.15) is 0 Å². The molecule has 0 aromatic heterocycles. The summed E-state index contributed by atoms with van der Waals surface area (Å²) >= 11 is 0. The van der Waals surface area contributed by atoms with Crippen molar-refractivity contribution in [2.24, 2.45) is 0 Å². The zero-order valence-electron chi connectivity index (χ0n) is 12.8. The van der Waals surface area contributed by atoms with Gasteiger partial charge in [-0.1, -0.05) is 6.92 Å². The van der Waals surface area contributed by atoms with Crippen molar-refractivity contribution in [3.8, 4) is 0 Å². The van der Waals surface area contributed by atoms with Crippen molar-refractivity contribution in [2.75, 3.05) is 26.4 Å². The first-order chi connectivity index (χ1) is 9.15. The van der Waals surface area contributed by atoms with Gasteiger partial charge in [-0.15, -0.1) is 0 Å². The molecular formula is C15H31NO3. The van der Waals surface area contributed by atoms with Crippen molar-refractivity contribution in [2.45, 2.75) is 70.6 Å². The molecule has 0 bridgehead atoms. The van der Waals surface area contributed by atoms with Crippen LogP contribution in [0.2, 0.25) is 0 Å². The monoisotopic (exact) mass is 273 g/mol. The molecule has 1 aliphatic rings. The number of nitrogens with one attached hydrogen (secondary N) is 1. The highest BCUT2D eigenvalue weighted by Crippen LogP contribution is 2.30. The van der Waals surface area contributed by atoms with Crippen molar-refractivity contribution in [1.82, 2.24) is 5.32 Å². The predicted octanol–water partition coefficient (Wildman–Crippen LogP) is 2.10. The van der Waals surface area contributed by atoms with Gasteiger partial charge in [-0.05, 0) is 52.5 Å². The molecule has 114 valence electrons. The second-order valence-corrected chi connectivity index (χ2v) is 5.69. The van der Waals surface area contributed by atoms with E-state index in [1.165, 1.54) is 0 Å². The highest BCUT2D eigenvalue weighted by molar-refractivity contribution is 4.94. The standard InChI is InChI=1S/C15H31NO3/c1-4-9-16-15(12-17)8-6-7-14(10-15)19-13(3)11-18-5-2/h13-14,16-17H,4-12H2,1-3H3.